The predicted octanol–water partition coefficient (Wildman–Crippen LogP) is 2.28. The van der Waals surface area contributed by atoms with Crippen molar-refractivity contribution in [2.24, 2.45) is 7.05 Å². The normalized spacial score (nSPS) is 24.4. The van der Waals surface area contributed by atoms with Crippen LogP contribution in [0, 0.1) is 6.92 Å². The molecular formula is C13H24N4S. The molecule has 1 aliphatic rings. The third-order valence-corrected chi connectivity index (χ3v) is 5.11. The van der Waals surface area contributed by atoms with E-state index in [9.17, 15) is 0 Å². The van der Waals surface area contributed by atoms with Crippen LogP contribution >= 0.6 is 11.8 Å². The molecule has 1 aromatic heterocycles. The van der Waals surface area contributed by atoms with Crippen molar-refractivity contribution in [1.82, 2.24) is 20.1 Å². The number of aromatic nitrogens is 3. The summed E-state index contributed by atoms with van der Waals surface area (Å²) in [6.45, 7) is 5.08. The second-order valence-corrected chi connectivity index (χ2v) is 6.50. The third-order valence-electron chi connectivity index (χ3n) is 3.79. The van der Waals surface area contributed by atoms with Gasteiger partial charge < -0.3 is 9.88 Å². The second kappa shape index (κ2) is 6.57. The van der Waals surface area contributed by atoms with Gasteiger partial charge in [0.25, 0.3) is 0 Å². The zero-order valence-corrected chi connectivity index (χ0v) is 12.5. The van der Waals surface area contributed by atoms with Crippen molar-refractivity contribution in [3.63, 3.8) is 0 Å². The molecule has 0 radical (unpaired) electrons. The molecule has 1 heterocycles. The fraction of sp³-hybridized carbons (Fsp3) is 0.846. The van der Waals surface area contributed by atoms with Crippen LogP contribution < -0.4 is 5.32 Å². The van der Waals surface area contributed by atoms with Crippen LogP contribution in [0.5, 0.6) is 0 Å². The maximum Gasteiger partial charge on any atom is 0.146 e. The number of thioether (sulfide) groups is 1. The standard InChI is InChI=1S/C13H24N4S/c1-4-18-12-8-6-5-7-11(12)14-9-13-16-15-10(2)17(13)3/h11-12,14H,4-9H2,1-3H3. The number of hydrogen-bond donors (Lipinski definition) is 1. The van der Waals surface area contributed by atoms with E-state index in [1.54, 1.807) is 0 Å². The van der Waals surface area contributed by atoms with E-state index in [0.717, 1.165) is 23.4 Å². The van der Waals surface area contributed by atoms with Gasteiger partial charge in [0.15, 0.2) is 0 Å². The van der Waals surface area contributed by atoms with Gasteiger partial charge in [-0.05, 0) is 25.5 Å². The minimum absolute atomic E-state index is 0.640. The van der Waals surface area contributed by atoms with Gasteiger partial charge in [-0.2, -0.15) is 11.8 Å². The van der Waals surface area contributed by atoms with E-state index >= 15 is 0 Å². The average molecular weight is 268 g/mol. The molecule has 18 heavy (non-hydrogen) atoms. The molecule has 1 saturated carbocycles. The molecule has 0 aliphatic heterocycles. The lowest BCUT2D eigenvalue weighted by Gasteiger charge is -2.31. The van der Waals surface area contributed by atoms with Gasteiger partial charge in [0.1, 0.15) is 11.6 Å². The molecule has 0 spiro atoms. The topological polar surface area (TPSA) is 42.7 Å². The zero-order chi connectivity index (χ0) is 13.0. The van der Waals surface area contributed by atoms with E-state index in [2.05, 4.69) is 38.8 Å². The third kappa shape index (κ3) is 3.26. The monoisotopic (exact) mass is 268 g/mol. The second-order valence-electron chi connectivity index (χ2n) is 4.99. The Balaban J connectivity index is 1.89. The van der Waals surface area contributed by atoms with E-state index in [-0.39, 0.29) is 0 Å². The minimum atomic E-state index is 0.640. The first-order valence-electron chi connectivity index (χ1n) is 6.92. The lowest BCUT2D eigenvalue weighted by atomic mass is 9.95. The van der Waals surface area contributed by atoms with Gasteiger partial charge in [-0.3, -0.25) is 0 Å². The van der Waals surface area contributed by atoms with Crippen LogP contribution in [0.1, 0.15) is 44.3 Å². The first kappa shape index (κ1) is 13.9. The molecule has 1 fully saturated rings. The van der Waals surface area contributed by atoms with E-state index in [4.69, 9.17) is 0 Å². The van der Waals surface area contributed by atoms with Crippen molar-refractivity contribution in [1.29, 1.82) is 0 Å². The summed E-state index contributed by atoms with van der Waals surface area (Å²) in [6, 6.07) is 0.640. The highest BCUT2D eigenvalue weighted by molar-refractivity contribution is 7.99. The van der Waals surface area contributed by atoms with Crippen molar-refractivity contribution in [3.8, 4) is 0 Å². The Morgan fingerprint density at radius 1 is 1.33 bits per heavy atom. The average Bonchev–Trinajstić information content (AvgIpc) is 2.70. The fourth-order valence-electron chi connectivity index (χ4n) is 2.57. The van der Waals surface area contributed by atoms with Gasteiger partial charge in [-0.25, -0.2) is 0 Å². The van der Waals surface area contributed by atoms with Crippen LogP contribution in [0.3, 0.4) is 0 Å². The van der Waals surface area contributed by atoms with Crippen LogP contribution in [0.4, 0.5) is 0 Å². The Morgan fingerprint density at radius 3 is 2.78 bits per heavy atom. The Labute approximate surface area is 114 Å². The molecule has 0 bridgehead atoms. The molecule has 1 aliphatic carbocycles. The van der Waals surface area contributed by atoms with E-state index in [1.165, 1.54) is 31.4 Å². The SMILES string of the molecule is CCSC1CCCCC1NCc1nnc(C)n1C. The van der Waals surface area contributed by atoms with Gasteiger partial charge >= 0.3 is 0 Å². The minimum Gasteiger partial charge on any atom is -0.317 e. The fourth-order valence-corrected chi connectivity index (χ4v) is 3.80. The molecule has 2 rings (SSSR count). The number of hydrogen-bond acceptors (Lipinski definition) is 4. The van der Waals surface area contributed by atoms with Crippen LogP contribution in [0.15, 0.2) is 0 Å². The quantitative estimate of drug-likeness (QED) is 0.889. The molecule has 4 nitrogen and oxygen atoms in total. The van der Waals surface area contributed by atoms with E-state index in [0.29, 0.717) is 6.04 Å². The van der Waals surface area contributed by atoms with Crippen molar-refractivity contribution in [3.05, 3.63) is 11.6 Å². The van der Waals surface area contributed by atoms with Gasteiger partial charge in [-0.1, -0.05) is 19.8 Å². The summed E-state index contributed by atoms with van der Waals surface area (Å²) in [6.07, 6.45) is 5.40. The van der Waals surface area contributed by atoms with Crippen molar-refractivity contribution in [2.75, 3.05) is 5.75 Å². The van der Waals surface area contributed by atoms with Crippen molar-refractivity contribution in [2.45, 2.75) is 57.4 Å². The van der Waals surface area contributed by atoms with Gasteiger partial charge in [0.05, 0.1) is 6.54 Å². The Bertz CT molecular complexity index is 375. The van der Waals surface area contributed by atoms with Crippen LogP contribution in [-0.2, 0) is 13.6 Å². The predicted molar refractivity (Wildman–Crippen MR) is 76.8 cm³/mol. The van der Waals surface area contributed by atoms with Gasteiger partial charge in [0, 0.05) is 18.3 Å². The smallest absolute Gasteiger partial charge is 0.146 e. The zero-order valence-electron chi connectivity index (χ0n) is 11.6. The lowest BCUT2D eigenvalue weighted by molar-refractivity contribution is 0.377. The Kier molecular flexibility index (Phi) is 5.06. The van der Waals surface area contributed by atoms with Crippen molar-refractivity contribution >= 4 is 11.8 Å². The van der Waals surface area contributed by atoms with Gasteiger partial charge in [0.2, 0.25) is 0 Å². The van der Waals surface area contributed by atoms with E-state index in [1.807, 2.05) is 14.0 Å². The molecule has 2 atom stereocenters. The van der Waals surface area contributed by atoms with Crippen LogP contribution in [0.25, 0.3) is 0 Å². The maximum atomic E-state index is 4.21. The molecule has 102 valence electrons. The number of rotatable bonds is 5. The molecule has 0 saturated heterocycles. The summed E-state index contributed by atoms with van der Waals surface area (Å²) in [5, 5.41) is 12.8. The molecule has 1 N–H and O–H groups in total. The molecule has 0 amide bonds. The molecule has 5 heteroatoms. The number of nitrogens with zero attached hydrogens (tertiary/aromatic N) is 3. The highest BCUT2D eigenvalue weighted by Gasteiger charge is 2.24. The summed E-state index contributed by atoms with van der Waals surface area (Å²) in [4.78, 5) is 0. The highest BCUT2D eigenvalue weighted by Crippen LogP contribution is 2.28. The molecular weight excluding hydrogens is 244 g/mol. The lowest BCUT2D eigenvalue weighted by Crippen LogP contribution is -2.40. The highest BCUT2D eigenvalue weighted by atomic mass is 32.2. The first-order valence-corrected chi connectivity index (χ1v) is 7.97. The molecule has 0 aromatic carbocycles. The summed E-state index contributed by atoms with van der Waals surface area (Å²) in [5.74, 6) is 3.24. The van der Waals surface area contributed by atoms with Crippen molar-refractivity contribution < 1.29 is 0 Å². The summed E-state index contributed by atoms with van der Waals surface area (Å²) in [5.41, 5.74) is 0. The Hall–Kier alpha value is -0.550. The van der Waals surface area contributed by atoms with Crippen LogP contribution in [-0.4, -0.2) is 31.8 Å². The van der Waals surface area contributed by atoms with E-state index < -0.39 is 0 Å². The Morgan fingerprint density at radius 2 is 2.11 bits per heavy atom. The number of aryl methyl sites for hydroxylation is 1. The molecule has 1 aromatic rings. The number of nitrogens with one attached hydrogen (secondary N) is 1. The molecule has 2 unspecified atom stereocenters. The summed E-state index contributed by atoms with van der Waals surface area (Å²) < 4.78 is 2.07. The largest absolute Gasteiger partial charge is 0.317 e. The summed E-state index contributed by atoms with van der Waals surface area (Å²) >= 11 is 2.10. The van der Waals surface area contributed by atoms with Gasteiger partial charge in [-0.15, -0.1) is 10.2 Å². The summed E-state index contributed by atoms with van der Waals surface area (Å²) in [7, 11) is 2.03. The first-order chi connectivity index (χ1) is 8.72. The van der Waals surface area contributed by atoms with Crippen LogP contribution in [0.2, 0.25) is 0 Å². The maximum absolute atomic E-state index is 4.21.